The number of ketones is 2. The molecule has 2 aliphatic heterocycles. The summed E-state index contributed by atoms with van der Waals surface area (Å²) < 4.78 is 6.14. The number of Topliss-reactive ketones (excluding diaryl/α,β-unsaturated/α-hetero) is 2. The number of fused-ring (bicyclic) bond motifs is 3. The van der Waals surface area contributed by atoms with Crippen molar-refractivity contribution in [2.75, 3.05) is 70.3 Å². The maximum absolute atomic E-state index is 14.1. The Balaban J connectivity index is 1.07. The van der Waals surface area contributed by atoms with Gasteiger partial charge in [0.25, 0.3) is 17.4 Å². The van der Waals surface area contributed by atoms with Crippen LogP contribution in [0.2, 0.25) is 0 Å². The van der Waals surface area contributed by atoms with E-state index >= 15 is 0 Å². The van der Waals surface area contributed by atoms with Crippen molar-refractivity contribution in [2.24, 2.45) is 0 Å². The summed E-state index contributed by atoms with van der Waals surface area (Å²) >= 11 is 0. The maximum Gasteiger partial charge on any atom is 0.266 e. The van der Waals surface area contributed by atoms with Crippen molar-refractivity contribution in [3.8, 4) is 5.75 Å². The second kappa shape index (κ2) is 13.1. The predicted octanol–water partition coefficient (Wildman–Crippen LogP) is 4.31. The zero-order chi connectivity index (χ0) is 36.3. The number of ether oxygens (including phenoxy) is 1. The number of piperazine rings is 1. The number of allylic oxidation sites excluding steroid dienone is 4. The number of aromatic amines is 1. The molecule has 0 radical (unpaired) electrons. The molecule has 8 rings (SSSR count). The van der Waals surface area contributed by atoms with Gasteiger partial charge in [-0.1, -0.05) is 18.2 Å². The van der Waals surface area contributed by atoms with Gasteiger partial charge in [-0.05, 0) is 67.9 Å². The largest absolute Gasteiger partial charge is 0.493 e. The van der Waals surface area contributed by atoms with Crippen molar-refractivity contribution in [1.29, 1.82) is 0 Å². The lowest BCUT2D eigenvalue weighted by atomic mass is 10.0. The van der Waals surface area contributed by atoms with Crippen LogP contribution in [-0.2, 0) is 0 Å². The molecule has 52 heavy (non-hydrogen) atoms. The van der Waals surface area contributed by atoms with Gasteiger partial charge >= 0.3 is 0 Å². The molecule has 4 aliphatic rings. The van der Waals surface area contributed by atoms with Crippen LogP contribution in [-0.4, -0.2) is 104 Å². The van der Waals surface area contributed by atoms with Crippen LogP contribution >= 0.6 is 0 Å². The van der Waals surface area contributed by atoms with Crippen LogP contribution in [0.1, 0.15) is 71.6 Å². The number of hydrogen-bond donors (Lipinski definition) is 1. The lowest BCUT2D eigenvalue weighted by Crippen LogP contribution is -2.44. The molecule has 12 nitrogen and oxygen atoms in total. The molecule has 2 amide bonds. The van der Waals surface area contributed by atoms with Crippen LogP contribution in [0.15, 0.2) is 71.6 Å². The number of nitrogens with zero attached hydrogens (tertiary/aromatic N) is 5. The summed E-state index contributed by atoms with van der Waals surface area (Å²) in [6.07, 6.45) is 7.35. The van der Waals surface area contributed by atoms with E-state index in [2.05, 4.69) is 26.8 Å². The number of H-pyrrole nitrogens is 1. The Morgan fingerprint density at radius 2 is 1.56 bits per heavy atom. The Hall–Kier alpha value is -5.72. The molecule has 0 bridgehead atoms. The highest BCUT2D eigenvalue weighted by atomic mass is 16.5. The molecule has 2 aliphatic carbocycles. The van der Waals surface area contributed by atoms with Crippen LogP contribution in [0.4, 0.5) is 11.4 Å². The van der Waals surface area contributed by atoms with E-state index in [1.165, 1.54) is 12.1 Å². The summed E-state index contributed by atoms with van der Waals surface area (Å²) in [5.74, 6) is -3.33. The van der Waals surface area contributed by atoms with E-state index in [1.807, 2.05) is 49.4 Å². The number of hydrogen-bond acceptors (Lipinski definition) is 10. The molecule has 1 aromatic heterocycles. The van der Waals surface area contributed by atoms with Gasteiger partial charge in [0.2, 0.25) is 0 Å². The quantitative estimate of drug-likeness (QED) is 0.153. The van der Waals surface area contributed by atoms with Gasteiger partial charge < -0.3 is 24.4 Å². The number of carbonyl (C=O) groups is 4. The van der Waals surface area contributed by atoms with Crippen LogP contribution in [0.5, 0.6) is 5.75 Å². The number of aromatic nitrogens is 2. The Morgan fingerprint density at radius 1 is 0.846 bits per heavy atom. The number of nitrogens with one attached hydrogen (secondary N) is 1. The third-order valence-electron chi connectivity index (χ3n) is 10.4. The minimum atomic E-state index is -1.40. The first-order valence-electron chi connectivity index (χ1n) is 17.5. The molecule has 3 heterocycles. The van der Waals surface area contributed by atoms with Gasteiger partial charge in [0.1, 0.15) is 17.5 Å². The third kappa shape index (κ3) is 5.73. The average Bonchev–Trinajstić information content (AvgIpc) is 3.82. The maximum atomic E-state index is 14.1. The molecule has 1 fully saturated rings. The van der Waals surface area contributed by atoms with E-state index in [-0.39, 0.29) is 28.1 Å². The van der Waals surface area contributed by atoms with Crippen LogP contribution < -0.4 is 20.1 Å². The fourth-order valence-electron chi connectivity index (χ4n) is 7.41. The number of benzene rings is 3. The van der Waals surface area contributed by atoms with Crippen molar-refractivity contribution in [2.45, 2.75) is 18.8 Å². The normalized spacial score (nSPS) is 17.8. The molecular formula is C40H38N6O6. The molecule has 12 heteroatoms. The van der Waals surface area contributed by atoms with Gasteiger partial charge in [-0.25, -0.2) is 9.88 Å². The standard InChI is InChI=1S/C40H38N6O6/c1-43(2)24-9-12-32-31(19-24)38(49)42-37(41-32)34-35(47)27-21-29-30(22-28(27)36(34)48)40(51)46(39(29)50)33-20-25(10-11-26(33)23-7-4-5-8-23)52-18-6-13-45-16-14-44(3)15-17-45/h4-5,7,9-12,19-22,34H,6,8,13-18H2,1-3H3,(H,41,42,49). The smallest absolute Gasteiger partial charge is 0.266 e. The average molecular weight is 699 g/mol. The van der Waals surface area contributed by atoms with Crippen LogP contribution in [0.3, 0.4) is 0 Å². The lowest BCUT2D eigenvalue weighted by Gasteiger charge is -2.32. The Morgan fingerprint density at radius 3 is 2.21 bits per heavy atom. The van der Waals surface area contributed by atoms with Crippen LogP contribution in [0, 0.1) is 0 Å². The molecular weight excluding hydrogens is 660 g/mol. The first-order chi connectivity index (χ1) is 25.1. The van der Waals surface area contributed by atoms with Gasteiger partial charge in [-0.3, -0.25) is 24.0 Å². The predicted molar refractivity (Wildman–Crippen MR) is 198 cm³/mol. The summed E-state index contributed by atoms with van der Waals surface area (Å²) in [7, 11) is 5.83. The van der Waals surface area contributed by atoms with Gasteiger partial charge in [0.05, 0.1) is 34.3 Å². The van der Waals surface area contributed by atoms with E-state index < -0.39 is 34.9 Å². The molecule has 4 aromatic rings. The highest BCUT2D eigenvalue weighted by Crippen LogP contribution is 2.41. The zero-order valence-electron chi connectivity index (χ0n) is 29.3. The molecule has 264 valence electrons. The second-order valence-corrected chi connectivity index (χ2v) is 13.9. The minimum absolute atomic E-state index is 0.0165. The van der Waals surface area contributed by atoms with Crippen molar-refractivity contribution in [1.82, 2.24) is 19.8 Å². The van der Waals surface area contributed by atoms with Gasteiger partial charge in [0, 0.05) is 75.3 Å². The topological polar surface area (TPSA) is 136 Å². The highest BCUT2D eigenvalue weighted by molar-refractivity contribution is 6.37. The van der Waals surface area contributed by atoms with E-state index in [0.717, 1.165) is 55.3 Å². The third-order valence-corrected chi connectivity index (χ3v) is 10.4. The Labute approximate surface area is 300 Å². The molecule has 3 aromatic carbocycles. The van der Waals surface area contributed by atoms with E-state index in [0.29, 0.717) is 40.9 Å². The summed E-state index contributed by atoms with van der Waals surface area (Å²) in [5, 5.41) is 0.323. The number of likely N-dealkylation sites (N-methyl/N-ethyl adjacent to an activating group) is 1. The summed E-state index contributed by atoms with van der Waals surface area (Å²) in [6.45, 7) is 5.54. The van der Waals surface area contributed by atoms with Crippen molar-refractivity contribution >= 4 is 51.2 Å². The molecule has 0 saturated carbocycles. The number of imide groups is 1. The van der Waals surface area contributed by atoms with Crippen molar-refractivity contribution in [3.63, 3.8) is 0 Å². The second-order valence-electron chi connectivity index (χ2n) is 13.9. The van der Waals surface area contributed by atoms with Crippen molar-refractivity contribution < 1.29 is 23.9 Å². The molecule has 1 saturated heterocycles. The zero-order valence-corrected chi connectivity index (χ0v) is 29.3. The van der Waals surface area contributed by atoms with Crippen LogP contribution in [0.25, 0.3) is 16.5 Å². The summed E-state index contributed by atoms with van der Waals surface area (Å²) in [6, 6.07) is 13.3. The SMILES string of the molecule is CN1CCN(CCCOc2ccc(C3=CC=CC3)c(N3C(=O)c4cc5c(cc4C3=O)C(=O)C(c3nc4ccc(N(C)C)cc4c(=O)[nH]3)C5=O)c2)CC1. The van der Waals surface area contributed by atoms with Gasteiger partial charge in [-0.15, -0.1) is 0 Å². The number of anilines is 2. The minimum Gasteiger partial charge on any atom is -0.493 e. The van der Waals surface area contributed by atoms with E-state index in [1.54, 1.807) is 24.3 Å². The fraction of sp³-hybridized carbons (Fsp3) is 0.300. The fourth-order valence-corrected chi connectivity index (χ4v) is 7.41. The van der Waals surface area contributed by atoms with Gasteiger partial charge in [-0.2, -0.15) is 0 Å². The Bertz CT molecular complexity index is 2260. The lowest BCUT2D eigenvalue weighted by molar-refractivity contribution is 0.0882. The van der Waals surface area contributed by atoms with Gasteiger partial charge in [0.15, 0.2) is 11.6 Å². The first kappa shape index (κ1) is 33.4. The van der Waals surface area contributed by atoms with Crippen molar-refractivity contribution in [3.05, 3.63) is 111 Å². The molecule has 0 spiro atoms. The molecule has 1 N–H and O–H groups in total. The number of amides is 2. The molecule has 0 unspecified atom stereocenters. The highest BCUT2D eigenvalue weighted by Gasteiger charge is 2.46. The van der Waals surface area contributed by atoms with E-state index in [4.69, 9.17) is 4.74 Å². The van der Waals surface area contributed by atoms with E-state index in [9.17, 15) is 24.0 Å². The first-order valence-corrected chi connectivity index (χ1v) is 17.5. The molecule has 0 atom stereocenters. The monoisotopic (exact) mass is 698 g/mol. The summed E-state index contributed by atoms with van der Waals surface area (Å²) in [5.41, 5.74) is 2.79. The summed E-state index contributed by atoms with van der Waals surface area (Å²) in [4.78, 5) is 83.8. The number of rotatable bonds is 9. The number of carbonyl (C=O) groups excluding carboxylic acids is 4. The Kier molecular flexibility index (Phi) is 8.43.